The minimum absolute atomic E-state index is 0.0210. The largest absolute Gasteiger partial charge is 0.508 e. The maximum absolute atomic E-state index is 13.3. The van der Waals surface area contributed by atoms with Crippen molar-refractivity contribution in [2.75, 3.05) is 20.2 Å². The molecule has 0 saturated carbocycles. The van der Waals surface area contributed by atoms with Gasteiger partial charge in [0.05, 0.1) is 7.11 Å². The molecule has 0 amide bonds. The second kappa shape index (κ2) is 8.03. The SMILES string of the molecule is COc1ccc(O)c(CN2CCC[C@H](C(=O)c3cccc4ccccc34)C2)c1. The number of rotatable bonds is 5. The third kappa shape index (κ3) is 3.73. The van der Waals surface area contributed by atoms with Gasteiger partial charge in [0.1, 0.15) is 11.5 Å². The number of methoxy groups -OCH3 is 1. The topological polar surface area (TPSA) is 49.8 Å². The maximum atomic E-state index is 13.3. The number of nitrogens with zero attached hydrogens (tertiary/aromatic N) is 1. The molecule has 4 rings (SSSR count). The molecule has 0 bridgehead atoms. The number of ketones is 1. The number of hydrogen-bond acceptors (Lipinski definition) is 4. The van der Waals surface area contributed by atoms with Crippen LogP contribution < -0.4 is 4.74 Å². The zero-order valence-corrected chi connectivity index (χ0v) is 16.1. The molecule has 0 unspecified atom stereocenters. The molecular weight excluding hydrogens is 350 g/mol. The average Bonchev–Trinajstić information content (AvgIpc) is 2.74. The van der Waals surface area contributed by atoms with Gasteiger partial charge in [-0.2, -0.15) is 0 Å². The van der Waals surface area contributed by atoms with Crippen LogP contribution in [0.1, 0.15) is 28.8 Å². The Balaban J connectivity index is 1.53. The first kappa shape index (κ1) is 18.5. The Morgan fingerprint density at radius 3 is 2.82 bits per heavy atom. The van der Waals surface area contributed by atoms with Crippen LogP contribution >= 0.6 is 0 Å². The van der Waals surface area contributed by atoms with Crippen LogP contribution in [0.2, 0.25) is 0 Å². The Kier molecular flexibility index (Phi) is 5.31. The van der Waals surface area contributed by atoms with Gasteiger partial charge < -0.3 is 9.84 Å². The molecule has 1 aliphatic rings. The Morgan fingerprint density at radius 2 is 1.96 bits per heavy atom. The van der Waals surface area contributed by atoms with Gasteiger partial charge in [0.25, 0.3) is 0 Å². The van der Waals surface area contributed by atoms with Gasteiger partial charge in [0, 0.05) is 30.1 Å². The molecule has 3 aromatic rings. The van der Waals surface area contributed by atoms with Gasteiger partial charge in [0.2, 0.25) is 0 Å². The molecular formula is C24H25NO3. The summed E-state index contributed by atoms with van der Waals surface area (Å²) in [7, 11) is 1.62. The van der Waals surface area contributed by atoms with Crippen molar-refractivity contribution in [3.8, 4) is 11.5 Å². The van der Waals surface area contributed by atoms with E-state index in [4.69, 9.17) is 4.74 Å². The lowest BCUT2D eigenvalue weighted by Gasteiger charge is -2.32. The predicted molar refractivity (Wildman–Crippen MR) is 111 cm³/mol. The maximum Gasteiger partial charge on any atom is 0.167 e. The van der Waals surface area contributed by atoms with E-state index in [2.05, 4.69) is 4.90 Å². The second-order valence-electron chi connectivity index (χ2n) is 7.46. The third-order valence-corrected chi connectivity index (χ3v) is 5.61. The fourth-order valence-corrected chi connectivity index (χ4v) is 4.13. The van der Waals surface area contributed by atoms with Crippen molar-refractivity contribution < 1.29 is 14.6 Å². The molecule has 144 valence electrons. The first-order valence-corrected chi connectivity index (χ1v) is 9.76. The lowest BCUT2D eigenvalue weighted by atomic mass is 9.88. The van der Waals surface area contributed by atoms with Gasteiger partial charge in [-0.3, -0.25) is 9.69 Å². The number of carbonyl (C=O) groups excluding carboxylic acids is 1. The molecule has 1 aliphatic heterocycles. The summed E-state index contributed by atoms with van der Waals surface area (Å²) in [5, 5.41) is 12.3. The number of Topliss-reactive ketones (excluding diaryl/α,β-unsaturated/α-hetero) is 1. The quantitative estimate of drug-likeness (QED) is 0.660. The Hall–Kier alpha value is -2.85. The molecule has 0 radical (unpaired) electrons. The first-order chi connectivity index (χ1) is 13.7. The number of likely N-dealkylation sites (tertiary alicyclic amines) is 1. The van der Waals surface area contributed by atoms with E-state index in [-0.39, 0.29) is 17.5 Å². The standard InChI is InChI=1S/C24H25NO3/c1-28-20-11-12-23(26)19(14-20)16-25-13-5-8-18(15-25)24(27)22-10-4-7-17-6-2-3-9-21(17)22/h2-4,6-7,9-12,14,18,26H,5,8,13,15-16H2,1H3/t18-/m0/s1. The predicted octanol–water partition coefficient (Wildman–Crippen LogP) is 4.65. The van der Waals surface area contributed by atoms with Crippen LogP contribution in [0.15, 0.2) is 60.7 Å². The van der Waals surface area contributed by atoms with E-state index in [0.717, 1.165) is 47.0 Å². The monoisotopic (exact) mass is 375 g/mol. The van der Waals surface area contributed by atoms with Crippen molar-refractivity contribution in [2.45, 2.75) is 19.4 Å². The summed E-state index contributed by atoms with van der Waals surface area (Å²) >= 11 is 0. The van der Waals surface area contributed by atoms with Crippen molar-refractivity contribution >= 4 is 16.6 Å². The molecule has 3 aromatic carbocycles. The zero-order chi connectivity index (χ0) is 19.5. The van der Waals surface area contributed by atoms with Crippen LogP contribution in [0, 0.1) is 5.92 Å². The molecule has 1 atom stereocenters. The van der Waals surface area contributed by atoms with E-state index in [0.29, 0.717) is 13.1 Å². The minimum atomic E-state index is -0.0210. The molecule has 4 nitrogen and oxygen atoms in total. The Morgan fingerprint density at radius 1 is 1.14 bits per heavy atom. The molecule has 1 N–H and O–H groups in total. The van der Waals surface area contributed by atoms with Crippen LogP contribution in [0.3, 0.4) is 0 Å². The Bertz CT molecular complexity index is 993. The van der Waals surface area contributed by atoms with Crippen molar-refractivity contribution in [3.05, 3.63) is 71.8 Å². The lowest BCUT2D eigenvalue weighted by molar-refractivity contribution is 0.0812. The van der Waals surface area contributed by atoms with Crippen molar-refractivity contribution in [3.63, 3.8) is 0 Å². The van der Waals surface area contributed by atoms with Crippen LogP contribution in [0.4, 0.5) is 0 Å². The van der Waals surface area contributed by atoms with E-state index >= 15 is 0 Å². The molecule has 1 fully saturated rings. The molecule has 4 heteroatoms. The van der Waals surface area contributed by atoms with Crippen molar-refractivity contribution in [2.24, 2.45) is 5.92 Å². The highest BCUT2D eigenvalue weighted by Gasteiger charge is 2.27. The van der Waals surface area contributed by atoms with Crippen LogP contribution in [0.5, 0.6) is 11.5 Å². The highest BCUT2D eigenvalue weighted by molar-refractivity contribution is 6.09. The van der Waals surface area contributed by atoms with Gasteiger partial charge >= 0.3 is 0 Å². The van der Waals surface area contributed by atoms with Crippen LogP contribution in [0.25, 0.3) is 10.8 Å². The normalized spacial score (nSPS) is 17.5. The summed E-state index contributed by atoms with van der Waals surface area (Å²) in [4.78, 5) is 15.5. The smallest absolute Gasteiger partial charge is 0.167 e. The van der Waals surface area contributed by atoms with E-state index in [9.17, 15) is 9.90 Å². The highest BCUT2D eigenvalue weighted by Crippen LogP contribution is 2.29. The van der Waals surface area contributed by atoms with Gasteiger partial charge in [-0.1, -0.05) is 42.5 Å². The average molecular weight is 375 g/mol. The summed E-state index contributed by atoms with van der Waals surface area (Å²) < 4.78 is 5.27. The molecule has 1 heterocycles. The van der Waals surface area contributed by atoms with E-state index in [1.54, 1.807) is 19.2 Å². The zero-order valence-electron chi connectivity index (χ0n) is 16.1. The summed E-state index contributed by atoms with van der Waals surface area (Å²) in [6, 6.07) is 19.3. The molecule has 1 saturated heterocycles. The summed E-state index contributed by atoms with van der Waals surface area (Å²) in [5.74, 6) is 1.19. The number of hydrogen-bond donors (Lipinski definition) is 1. The first-order valence-electron chi connectivity index (χ1n) is 9.76. The van der Waals surface area contributed by atoms with E-state index < -0.39 is 0 Å². The second-order valence-corrected chi connectivity index (χ2v) is 7.46. The number of carbonyl (C=O) groups is 1. The number of piperidine rings is 1. The molecule has 28 heavy (non-hydrogen) atoms. The van der Waals surface area contributed by atoms with Crippen LogP contribution in [-0.4, -0.2) is 36.0 Å². The van der Waals surface area contributed by atoms with E-state index in [1.165, 1.54) is 0 Å². The minimum Gasteiger partial charge on any atom is -0.508 e. The highest BCUT2D eigenvalue weighted by atomic mass is 16.5. The summed E-state index contributed by atoms with van der Waals surface area (Å²) in [6.45, 7) is 2.25. The van der Waals surface area contributed by atoms with E-state index in [1.807, 2.05) is 48.5 Å². The fourth-order valence-electron chi connectivity index (χ4n) is 4.13. The molecule has 0 aliphatic carbocycles. The summed E-state index contributed by atoms with van der Waals surface area (Å²) in [6.07, 6.45) is 1.88. The number of phenols is 1. The number of ether oxygens (including phenoxy) is 1. The molecule has 0 spiro atoms. The molecule has 0 aromatic heterocycles. The lowest BCUT2D eigenvalue weighted by Crippen LogP contribution is -2.38. The fraction of sp³-hybridized carbons (Fsp3) is 0.292. The van der Waals surface area contributed by atoms with Gasteiger partial charge in [-0.05, 0) is 48.4 Å². The Labute approximate surface area is 165 Å². The van der Waals surface area contributed by atoms with Gasteiger partial charge in [-0.25, -0.2) is 0 Å². The van der Waals surface area contributed by atoms with Crippen molar-refractivity contribution in [1.82, 2.24) is 4.90 Å². The number of fused-ring (bicyclic) bond motifs is 1. The number of phenolic OH excluding ortho intramolecular Hbond substituents is 1. The van der Waals surface area contributed by atoms with Crippen molar-refractivity contribution in [1.29, 1.82) is 0 Å². The summed E-state index contributed by atoms with van der Waals surface area (Å²) in [5.41, 5.74) is 1.65. The third-order valence-electron chi connectivity index (χ3n) is 5.61. The van der Waals surface area contributed by atoms with Crippen LogP contribution in [-0.2, 0) is 6.54 Å². The van der Waals surface area contributed by atoms with Gasteiger partial charge in [0.15, 0.2) is 5.78 Å². The number of benzene rings is 3. The number of aromatic hydroxyl groups is 1. The van der Waals surface area contributed by atoms with Gasteiger partial charge in [-0.15, -0.1) is 0 Å².